The van der Waals surface area contributed by atoms with Gasteiger partial charge in [-0.05, 0) is 43.3 Å². The number of fused-ring (bicyclic) bond motifs is 1. The zero-order chi connectivity index (χ0) is 20.5. The molecule has 1 amide bonds. The molecule has 0 fully saturated rings. The number of halogens is 1. The maximum absolute atomic E-state index is 13.3. The lowest BCUT2D eigenvalue weighted by atomic mass is 10.1. The summed E-state index contributed by atoms with van der Waals surface area (Å²) in [6.07, 6.45) is 1.77. The zero-order valence-electron chi connectivity index (χ0n) is 15.3. The van der Waals surface area contributed by atoms with E-state index in [0.29, 0.717) is 22.6 Å². The van der Waals surface area contributed by atoms with Gasteiger partial charge in [-0.3, -0.25) is 19.9 Å². The van der Waals surface area contributed by atoms with Crippen LogP contribution in [-0.2, 0) is 0 Å². The molecule has 2 heterocycles. The maximum Gasteiger partial charge on any atom is 0.312 e. The van der Waals surface area contributed by atoms with Gasteiger partial charge in [0.1, 0.15) is 5.82 Å². The topological polar surface area (TPSA) is 92.1 Å². The van der Waals surface area contributed by atoms with Gasteiger partial charge in [-0.1, -0.05) is 12.1 Å². The van der Waals surface area contributed by atoms with E-state index < -0.39 is 10.8 Å². The van der Waals surface area contributed by atoms with Gasteiger partial charge in [-0.25, -0.2) is 14.1 Å². The van der Waals surface area contributed by atoms with E-state index >= 15 is 0 Å². The molecule has 0 spiro atoms. The van der Waals surface area contributed by atoms with Crippen molar-refractivity contribution in [2.24, 2.45) is 0 Å². The Morgan fingerprint density at radius 1 is 1.14 bits per heavy atom. The molecule has 4 aromatic rings. The van der Waals surface area contributed by atoms with Crippen molar-refractivity contribution in [1.82, 2.24) is 4.98 Å². The van der Waals surface area contributed by atoms with Crippen LogP contribution in [0.5, 0.6) is 0 Å². The summed E-state index contributed by atoms with van der Waals surface area (Å²) >= 11 is 0. The Morgan fingerprint density at radius 2 is 1.90 bits per heavy atom. The third kappa shape index (κ3) is 3.43. The highest BCUT2D eigenvalue weighted by atomic mass is 19.1. The number of carbonyl (C=O) groups is 1. The molecule has 2 aromatic carbocycles. The molecule has 0 saturated carbocycles. The number of hydrogen-bond donors (Lipinski definition) is 2. The summed E-state index contributed by atoms with van der Waals surface area (Å²) in [5.41, 5.74) is 2.50. The zero-order valence-corrected chi connectivity index (χ0v) is 15.3. The summed E-state index contributed by atoms with van der Waals surface area (Å²) in [5.74, 6) is -0.413. The number of aromatic nitrogens is 2. The number of benzene rings is 2. The summed E-state index contributed by atoms with van der Waals surface area (Å²) in [6, 6.07) is 15.7. The molecule has 144 valence electrons. The molecule has 0 aliphatic carbocycles. The molecule has 4 rings (SSSR count). The van der Waals surface area contributed by atoms with Crippen molar-refractivity contribution >= 4 is 23.1 Å². The number of aromatic amines is 1. The van der Waals surface area contributed by atoms with Gasteiger partial charge in [0.25, 0.3) is 11.5 Å². The average molecular weight is 391 g/mol. The van der Waals surface area contributed by atoms with E-state index in [1.807, 2.05) is 18.2 Å². The number of nitrogens with one attached hydrogen (secondary N) is 2. The fourth-order valence-corrected chi connectivity index (χ4v) is 3.12. The van der Waals surface area contributed by atoms with Crippen LogP contribution in [0.2, 0.25) is 0 Å². The smallest absolute Gasteiger partial charge is 0.267 e. The molecule has 0 saturated heterocycles. The number of pyridine rings is 1. The second-order valence-electron chi connectivity index (χ2n) is 6.52. The van der Waals surface area contributed by atoms with Crippen molar-refractivity contribution in [2.75, 3.05) is 5.32 Å². The summed E-state index contributed by atoms with van der Waals surface area (Å²) in [4.78, 5) is 26.7. The SMILES string of the molecule is Cc1ccc(C(=O)Nc2c(-c3ccc(F)cc3)[nH]c3cccc[n+]23)cc1[N+](=O)[O-]. The predicted molar refractivity (Wildman–Crippen MR) is 105 cm³/mol. The lowest BCUT2D eigenvalue weighted by molar-refractivity contribution is -0.493. The molecule has 0 atom stereocenters. The first-order valence-corrected chi connectivity index (χ1v) is 8.79. The highest BCUT2D eigenvalue weighted by Gasteiger charge is 2.24. The van der Waals surface area contributed by atoms with Crippen molar-refractivity contribution in [2.45, 2.75) is 6.92 Å². The number of nitrogens with zero attached hydrogens (tertiary/aromatic N) is 2. The molecule has 8 heteroatoms. The van der Waals surface area contributed by atoms with Gasteiger partial charge in [0, 0.05) is 23.3 Å². The van der Waals surface area contributed by atoms with Gasteiger partial charge >= 0.3 is 5.91 Å². The largest absolute Gasteiger partial charge is 0.312 e. The summed E-state index contributed by atoms with van der Waals surface area (Å²) in [5, 5.41) is 14.0. The van der Waals surface area contributed by atoms with E-state index in [9.17, 15) is 19.3 Å². The molecule has 0 bridgehead atoms. The normalized spacial score (nSPS) is 10.8. The number of carbonyl (C=O) groups excluding carboxylic acids is 1. The molecule has 2 N–H and O–H groups in total. The molecule has 29 heavy (non-hydrogen) atoms. The number of amides is 1. The highest BCUT2D eigenvalue weighted by Crippen LogP contribution is 2.26. The van der Waals surface area contributed by atoms with Crippen molar-refractivity contribution in [1.29, 1.82) is 0 Å². The first-order chi connectivity index (χ1) is 13.9. The highest BCUT2D eigenvalue weighted by molar-refractivity contribution is 6.05. The Labute approximate surface area is 164 Å². The second-order valence-corrected chi connectivity index (χ2v) is 6.52. The molecule has 0 aliphatic rings. The van der Waals surface area contributed by atoms with Gasteiger partial charge in [-0.2, -0.15) is 0 Å². The number of rotatable bonds is 4. The van der Waals surface area contributed by atoms with E-state index in [1.54, 1.807) is 29.7 Å². The van der Waals surface area contributed by atoms with Crippen molar-refractivity contribution in [3.8, 4) is 11.3 Å². The van der Waals surface area contributed by atoms with E-state index in [2.05, 4.69) is 10.3 Å². The minimum Gasteiger partial charge on any atom is -0.267 e. The summed E-state index contributed by atoms with van der Waals surface area (Å²) < 4.78 is 15.1. The van der Waals surface area contributed by atoms with Gasteiger partial charge in [-0.15, -0.1) is 0 Å². The van der Waals surface area contributed by atoms with Crippen LogP contribution in [0.15, 0.2) is 66.9 Å². The lowest BCUT2D eigenvalue weighted by Gasteiger charge is -2.04. The summed E-state index contributed by atoms with van der Waals surface area (Å²) in [7, 11) is 0. The standard InChI is InChI=1S/C21H15FN4O3/c1-13-5-6-15(12-17(13)26(28)29)21(27)24-20-19(14-7-9-16(22)10-8-14)23-18-4-2-3-11-25(18)20/h2-12H,1H3,(H,24,27)/p+1. The Hall–Kier alpha value is -4.07. The van der Waals surface area contributed by atoms with Crippen LogP contribution in [0.3, 0.4) is 0 Å². The molecule has 2 aromatic heterocycles. The number of anilines is 1. The summed E-state index contributed by atoms with van der Waals surface area (Å²) in [6.45, 7) is 1.61. The quantitative estimate of drug-likeness (QED) is 0.313. The number of nitro groups is 1. The number of imidazole rings is 1. The first kappa shape index (κ1) is 18.3. The third-order valence-corrected chi connectivity index (χ3v) is 4.62. The van der Waals surface area contributed by atoms with E-state index in [0.717, 1.165) is 5.65 Å². The van der Waals surface area contributed by atoms with Gasteiger partial charge < -0.3 is 0 Å². The van der Waals surface area contributed by atoms with Gasteiger partial charge in [0.05, 0.1) is 16.7 Å². The van der Waals surface area contributed by atoms with Gasteiger partial charge in [0.2, 0.25) is 5.65 Å². The lowest BCUT2D eigenvalue weighted by Crippen LogP contribution is -2.26. The van der Waals surface area contributed by atoms with E-state index in [4.69, 9.17) is 0 Å². The number of nitro benzene ring substituents is 1. The minimum absolute atomic E-state index is 0.122. The van der Waals surface area contributed by atoms with Crippen molar-refractivity contribution < 1.29 is 18.5 Å². The Bertz CT molecular complexity index is 1250. The average Bonchev–Trinajstić information content (AvgIpc) is 3.07. The molecular weight excluding hydrogens is 375 g/mol. The minimum atomic E-state index is -0.517. The predicted octanol–water partition coefficient (Wildman–Crippen LogP) is 4.03. The number of H-pyrrole nitrogens is 1. The molecular formula is C21H16FN4O3+. The third-order valence-electron chi connectivity index (χ3n) is 4.62. The molecule has 0 radical (unpaired) electrons. The maximum atomic E-state index is 13.3. The van der Waals surface area contributed by atoms with Crippen LogP contribution >= 0.6 is 0 Å². The Morgan fingerprint density at radius 3 is 2.62 bits per heavy atom. The van der Waals surface area contributed by atoms with Crippen LogP contribution in [-0.4, -0.2) is 15.8 Å². The molecule has 0 aliphatic heterocycles. The van der Waals surface area contributed by atoms with E-state index in [1.165, 1.54) is 30.3 Å². The van der Waals surface area contributed by atoms with Crippen molar-refractivity contribution in [3.63, 3.8) is 0 Å². The van der Waals surface area contributed by atoms with E-state index in [-0.39, 0.29) is 17.1 Å². The van der Waals surface area contributed by atoms with Crippen LogP contribution in [0, 0.1) is 22.9 Å². The van der Waals surface area contributed by atoms with Crippen LogP contribution in [0.4, 0.5) is 15.9 Å². The van der Waals surface area contributed by atoms with Crippen LogP contribution in [0.1, 0.15) is 15.9 Å². The van der Waals surface area contributed by atoms with Crippen LogP contribution in [0.25, 0.3) is 16.9 Å². The fourth-order valence-electron chi connectivity index (χ4n) is 3.12. The Balaban J connectivity index is 1.78. The fraction of sp³-hybridized carbons (Fsp3) is 0.0476. The molecule has 7 nitrogen and oxygen atoms in total. The second kappa shape index (κ2) is 7.16. The monoisotopic (exact) mass is 391 g/mol. The van der Waals surface area contributed by atoms with Gasteiger partial charge in [0.15, 0.2) is 5.69 Å². The number of hydrogen-bond acceptors (Lipinski definition) is 3. The van der Waals surface area contributed by atoms with Crippen molar-refractivity contribution in [3.05, 3.63) is 93.9 Å². The Kier molecular flexibility index (Phi) is 4.52. The molecule has 0 unspecified atom stereocenters. The number of aryl methyl sites for hydroxylation is 1. The first-order valence-electron chi connectivity index (χ1n) is 8.79. The van der Waals surface area contributed by atoms with Crippen LogP contribution < -0.4 is 9.72 Å².